The summed E-state index contributed by atoms with van der Waals surface area (Å²) in [5, 5.41) is 4.41. The second-order valence-electron chi connectivity index (χ2n) is 11.6. The van der Waals surface area contributed by atoms with Crippen LogP contribution in [-0.4, -0.2) is 59.1 Å². The molecule has 0 aliphatic heterocycles. The number of alkyl halides is 6. The third kappa shape index (κ3) is 6.07. The van der Waals surface area contributed by atoms with Gasteiger partial charge in [0.2, 0.25) is 5.88 Å². The number of ether oxygens (including phenoxy) is 1. The van der Waals surface area contributed by atoms with Crippen molar-refractivity contribution in [3.8, 4) is 28.7 Å². The first-order valence-corrected chi connectivity index (χ1v) is 14.9. The molecule has 0 bridgehead atoms. The van der Waals surface area contributed by atoms with Crippen LogP contribution >= 0.6 is 0 Å². The van der Waals surface area contributed by atoms with Crippen LogP contribution in [-0.2, 0) is 13.2 Å². The lowest BCUT2D eigenvalue weighted by molar-refractivity contribution is -0.150. The molecular weight excluding hydrogens is 628 g/mol. The van der Waals surface area contributed by atoms with Crippen molar-refractivity contribution < 1.29 is 31.1 Å². The van der Waals surface area contributed by atoms with Gasteiger partial charge in [-0.15, -0.1) is 0 Å². The SMILES string of the molecule is CCN(c1nc(-c2c(OC)ncnc2C2CC2)nc2cn(C)nc12)[C@H](c1ccc(-c2nc(C(F)(F)F)cn2C(C)C)cc1)C(F)(F)F. The molecule has 0 unspecified atom stereocenters. The summed E-state index contributed by atoms with van der Waals surface area (Å²) in [7, 11) is 3.07. The van der Waals surface area contributed by atoms with Gasteiger partial charge in [0, 0.05) is 37.3 Å². The number of nitrogens with zero attached hydrogens (tertiary/aromatic N) is 9. The molecule has 0 amide bonds. The smallest absolute Gasteiger partial charge is 0.434 e. The average Bonchev–Trinajstić information content (AvgIpc) is 3.63. The van der Waals surface area contributed by atoms with Crippen molar-refractivity contribution in [2.75, 3.05) is 18.6 Å². The van der Waals surface area contributed by atoms with Crippen LogP contribution in [0.1, 0.15) is 68.6 Å². The fraction of sp³-hybridized carbons (Fsp3) is 0.419. The quantitative estimate of drug-likeness (QED) is 0.152. The van der Waals surface area contributed by atoms with E-state index in [0.29, 0.717) is 16.8 Å². The zero-order chi connectivity index (χ0) is 33.8. The normalized spacial score (nSPS) is 14.6. The van der Waals surface area contributed by atoms with Crippen LogP contribution in [0.4, 0.5) is 32.2 Å². The topological polar surface area (TPSA) is 99.7 Å². The maximum atomic E-state index is 15.1. The highest BCUT2D eigenvalue weighted by molar-refractivity contribution is 5.88. The molecule has 16 heteroatoms. The fourth-order valence-electron chi connectivity index (χ4n) is 5.69. The third-order valence-electron chi connectivity index (χ3n) is 7.98. The first kappa shape index (κ1) is 32.2. The van der Waals surface area contributed by atoms with Crippen LogP contribution in [0.3, 0.4) is 0 Å². The molecule has 5 aromatic rings. The van der Waals surface area contributed by atoms with Gasteiger partial charge in [-0.2, -0.15) is 31.4 Å². The number of aryl methyl sites for hydroxylation is 1. The number of hydrogen-bond acceptors (Lipinski definition) is 8. The van der Waals surface area contributed by atoms with Gasteiger partial charge in [-0.05, 0) is 39.2 Å². The summed E-state index contributed by atoms with van der Waals surface area (Å²) in [6.07, 6.45) is -3.84. The van der Waals surface area contributed by atoms with E-state index in [1.807, 2.05) is 0 Å². The number of benzene rings is 1. The number of fused-ring (bicyclic) bond motifs is 1. The second kappa shape index (κ2) is 11.8. The van der Waals surface area contributed by atoms with Crippen LogP contribution in [0.15, 0.2) is 43.0 Å². The largest absolute Gasteiger partial charge is 0.480 e. The van der Waals surface area contributed by atoms with Crippen LogP contribution in [0.2, 0.25) is 0 Å². The van der Waals surface area contributed by atoms with Crippen molar-refractivity contribution in [1.82, 2.24) is 39.3 Å². The average molecular weight is 660 g/mol. The minimum absolute atomic E-state index is 0.00379. The van der Waals surface area contributed by atoms with Crippen LogP contribution in [0.5, 0.6) is 5.88 Å². The van der Waals surface area contributed by atoms with E-state index in [2.05, 4.69) is 30.0 Å². The highest BCUT2D eigenvalue weighted by atomic mass is 19.4. The monoisotopic (exact) mass is 659 g/mol. The minimum Gasteiger partial charge on any atom is -0.480 e. The molecule has 1 aliphatic rings. The molecule has 0 spiro atoms. The Hall–Kier alpha value is -4.76. The van der Waals surface area contributed by atoms with Crippen molar-refractivity contribution in [3.63, 3.8) is 0 Å². The summed E-state index contributed by atoms with van der Waals surface area (Å²) < 4.78 is 94.0. The number of rotatable bonds is 9. The highest BCUT2D eigenvalue weighted by Crippen LogP contribution is 2.46. The lowest BCUT2D eigenvalue weighted by Crippen LogP contribution is -2.39. The lowest BCUT2D eigenvalue weighted by Gasteiger charge is -2.34. The zero-order valence-corrected chi connectivity index (χ0v) is 26.1. The molecule has 10 nitrogen and oxygen atoms in total. The standard InChI is InChI=1S/C31H31F6N9O/c1-6-45(25(31(35,36)37)18-9-11-19(12-10-18)27-41-21(30(32,33)34)14-46(27)16(2)3)28-24-20(13-44(4)43-24)40-26(42-28)22-23(17-7-8-17)38-15-39-29(22)47-5/h9-17,25H,6-8H2,1-5H3/t25-/m1/s1. The molecule has 0 radical (unpaired) electrons. The van der Waals surface area contributed by atoms with Gasteiger partial charge in [-0.25, -0.2) is 24.9 Å². The van der Waals surface area contributed by atoms with Gasteiger partial charge in [0.25, 0.3) is 0 Å². The molecule has 47 heavy (non-hydrogen) atoms. The molecule has 0 N–H and O–H groups in total. The van der Waals surface area contributed by atoms with E-state index < -0.39 is 24.1 Å². The van der Waals surface area contributed by atoms with Gasteiger partial charge in [0.1, 0.15) is 23.2 Å². The number of imidazole rings is 1. The maximum absolute atomic E-state index is 15.1. The maximum Gasteiger partial charge on any atom is 0.434 e. The van der Waals surface area contributed by atoms with Crippen molar-refractivity contribution in [2.45, 2.75) is 64.0 Å². The van der Waals surface area contributed by atoms with Crippen molar-refractivity contribution in [1.29, 1.82) is 0 Å². The van der Waals surface area contributed by atoms with Gasteiger partial charge in [0.15, 0.2) is 28.9 Å². The molecule has 1 aromatic carbocycles. The summed E-state index contributed by atoms with van der Waals surface area (Å²) >= 11 is 0. The molecule has 1 aliphatic carbocycles. The van der Waals surface area contributed by atoms with E-state index >= 15 is 13.2 Å². The molecule has 4 heterocycles. The fourth-order valence-corrected chi connectivity index (χ4v) is 5.69. The van der Waals surface area contributed by atoms with E-state index in [1.165, 1.54) is 47.0 Å². The van der Waals surface area contributed by atoms with E-state index in [1.54, 1.807) is 34.0 Å². The van der Waals surface area contributed by atoms with E-state index in [0.717, 1.165) is 23.9 Å². The predicted octanol–water partition coefficient (Wildman–Crippen LogP) is 7.30. The molecule has 6 rings (SSSR count). The van der Waals surface area contributed by atoms with Gasteiger partial charge in [-0.1, -0.05) is 24.3 Å². The first-order valence-electron chi connectivity index (χ1n) is 14.9. The number of methoxy groups -OCH3 is 1. The van der Waals surface area contributed by atoms with Crippen LogP contribution in [0.25, 0.3) is 33.8 Å². The van der Waals surface area contributed by atoms with E-state index in [9.17, 15) is 13.2 Å². The van der Waals surface area contributed by atoms with E-state index in [-0.39, 0.29) is 58.5 Å². The van der Waals surface area contributed by atoms with Crippen molar-refractivity contribution in [2.24, 2.45) is 7.05 Å². The second-order valence-corrected chi connectivity index (χ2v) is 11.6. The Bertz CT molecular complexity index is 1910. The molecule has 1 saturated carbocycles. The molecule has 248 valence electrons. The number of aromatic nitrogens is 8. The molecular formula is C31H31F6N9O. The number of halogens is 6. The highest BCUT2D eigenvalue weighted by Gasteiger charge is 2.46. The zero-order valence-electron chi connectivity index (χ0n) is 26.1. The summed E-state index contributed by atoms with van der Waals surface area (Å²) in [6.45, 7) is 4.83. The Labute approximate surface area is 265 Å². The molecule has 0 saturated heterocycles. The Kier molecular flexibility index (Phi) is 8.08. The van der Waals surface area contributed by atoms with Gasteiger partial charge in [0.05, 0.1) is 19.0 Å². The third-order valence-corrected chi connectivity index (χ3v) is 7.98. The van der Waals surface area contributed by atoms with Crippen molar-refractivity contribution in [3.05, 3.63) is 59.9 Å². The summed E-state index contributed by atoms with van der Waals surface area (Å²) in [6, 6.07) is 2.62. The molecule has 4 aromatic heterocycles. The first-order chi connectivity index (χ1) is 22.2. The van der Waals surface area contributed by atoms with Crippen molar-refractivity contribution >= 4 is 16.9 Å². The van der Waals surface area contributed by atoms with Crippen LogP contribution in [0, 0.1) is 0 Å². The van der Waals surface area contributed by atoms with Gasteiger partial charge < -0.3 is 14.2 Å². The Balaban J connectivity index is 1.48. The Morgan fingerprint density at radius 2 is 1.68 bits per heavy atom. The van der Waals surface area contributed by atoms with Crippen LogP contribution < -0.4 is 9.64 Å². The lowest BCUT2D eigenvalue weighted by atomic mass is 10.0. The summed E-state index contributed by atoms with van der Waals surface area (Å²) in [5.74, 6) is 0.375. The van der Waals surface area contributed by atoms with Gasteiger partial charge >= 0.3 is 12.4 Å². The van der Waals surface area contributed by atoms with E-state index in [4.69, 9.17) is 4.74 Å². The summed E-state index contributed by atoms with van der Waals surface area (Å²) in [4.78, 5) is 22.8. The summed E-state index contributed by atoms with van der Waals surface area (Å²) in [5.41, 5.74) is 0.549. The molecule has 1 atom stereocenters. The number of hydrogen-bond donors (Lipinski definition) is 0. The molecule has 1 fully saturated rings. The Morgan fingerprint density at radius 1 is 0.979 bits per heavy atom. The minimum atomic E-state index is -4.80. The predicted molar refractivity (Wildman–Crippen MR) is 161 cm³/mol. The van der Waals surface area contributed by atoms with Gasteiger partial charge in [-0.3, -0.25) is 4.68 Å². The number of anilines is 1. The Morgan fingerprint density at radius 3 is 2.26 bits per heavy atom.